The number of benzene rings is 5. The van der Waals surface area contributed by atoms with E-state index >= 15 is 0 Å². The molecule has 1 aliphatic carbocycles. The normalized spacial score (nSPS) is 13.2. The van der Waals surface area contributed by atoms with Crippen molar-refractivity contribution in [2.75, 3.05) is 0 Å². The van der Waals surface area contributed by atoms with Gasteiger partial charge in [-0.3, -0.25) is 4.98 Å². The molecule has 0 atom stereocenters. The van der Waals surface area contributed by atoms with E-state index in [1.54, 1.807) is 0 Å². The largest absolute Gasteiger partial charge is 0.456 e. The van der Waals surface area contributed by atoms with E-state index < -0.39 is 0 Å². The van der Waals surface area contributed by atoms with E-state index in [9.17, 15) is 0 Å². The average molecular weight is 593 g/mol. The van der Waals surface area contributed by atoms with Crippen molar-refractivity contribution < 1.29 is 4.42 Å². The summed E-state index contributed by atoms with van der Waals surface area (Å²) in [6.07, 6.45) is 1.82. The van der Waals surface area contributed by atoms with Crippen molar-refractivity contribution in [2.45, 2.75) is 19.3 Å². The molecule has 218 valence electrons. The van der Waals surface area contributed by atoms with Crippen molar-refractivity contribution in [1.82, 2.24) is 19.9 Å². The predicted molar refractivity (Wildman–Crippen MR) is 184 cm³/mol. The van der Waals surface area contributed by atoms with E-state index in [0.717, 1.165) is 49.9 Å². The highest BCUT2D eigenvalue weighted by atomic mass is 16.3. The van der Waals surface area contributed by atoms with Gasteiger partial charge in [0.2, 0.25) is 0 Å². The maximum absolute atomic E-state index is 6.43. The van der Waals surface area contributed by atoms with E-state index in [1.165, 1.54) is 22.3 Å². The van der Waals surface area contributed by atoms with Gasteiger partial charge in [0.15, 0.2) is 17.5 Å². The number of rotatable bonds is 4. The van der Waals surface area contributed by atoms with Crippen LogP contribution in [0.3, 0.4) is 0 Å². The van der Waals surface area contributed by atoms with Crippen molar-refractivity contribution in [3.63, 3.8) is 0 Å². The van der Waals surface area contributed by atoms with Gasteiger partial charge in [-0.1, -0.05) is 111 Å². The van der Waals surface area contributed by atoms with E-state index in [2.05, 4.69) is 79.5 Å². The zero-order valence-electron chi connectivity index (χ0n) is 25.4. The molecule has 9 rings (SSSR count). The number of furan rings is 1. The Morgan fingerprint density at radius 1 is 0.522 bits per heavy atom. The summed E-state index contributed by atoms with van der Waals surface area (Å²) in [5.41, 5.74) is 11.2. The third-order valence-electron chi connectivity index (χ3n) is 9.18. The molecule has 5 heteroatoms. The molecule has 3 heterocycles. The molecule has 0 radical (unpaired) electrons. The first-order valence-electron chi connectivity index (χ1n) is 15.5. The van der Waals surface area contributed by atoms with Gasteiger partial charge in [0, 0.05) is 44.6 Å². The third-order valence-corrected chi connectivity index (χ3v) is 9.18. The summed E-state index contributed by atoms with van der Waals surface area (Å²) in [5, 5.41) is 2.07. The van der Waals surface area contributed by atoms with E-state index in [-0.39, 0.29) is 5.41 Å². The lowest BCUT2D eigenvalue weighted by atomic mass is 9.80. The fourth-order valence-electron chi connectivity index (χ4n) is 7.08. The summed E-state index contributed by atoms with van der Waals surface area (Å²) < 4.78 is 6.43. The molecule has 0 aliphatic heterocycles. The van der Waals surface area contributed by atoms with Crippen LogP contribution in [-0.2, 0) is 5.41 Å². The van der Waals surface area contributed by atoms with Crippen LogP contribution < -0.4 is 0 Å². The van der Waals surface area contributed by atoms with Crippen LogP contribution >= 0.6 is 0 Å². The predicted octanol–water partition coefficient (Wildman–Crippen LogP) is 10.1. The van der Waals surface area contributed by atoms with Crippen molar-refractivity contribution in [3.8, 4) is 56.5 Å². The van der Waals surface area contributed by atoms with Crippen molar-refractivity contribution in [1.29, 1.82) is 0 Å². The van der Waals surface area contributed by atoms with Crippen molar-refractivity contribution in [2.24, 2.45) is 0 Å². The van der Waals surface area contributed by atoms with Crippen LogP contribution in [0.25, 0.3) is 78.5 Å². The van der Waals surface area contributed by atoms with Gasteiger partial charge < -0.3 is 4.42 Å². The van der Waals surface area contributed by atoms with Gasteiger partial charge in [0.25, 0.3) is 0 Å². The number of aromatic nitrogens is 4. The van der Waals surface area contributed by atoms with Crippen LogP contribution in [0.2, 0.25) is 0 Å². The second kappa shape index (κ2) is 10.0. The molecule has 0 unspecified atom stereocenters. The lowest BCUT2D eigenvalue weighted by Gasteiger charge is -2.24. The van der Waals surface area contributed by atoms with Crippen molar-refractivity contribution in [3.05, 3.63) is 145 Å². The van der Waals surface area contributed by atoms with E-state index in [1.807, 2.05) is 72.9 Å². The van der Waals surface area contributed by atoms with Crippen molar-refractivity contribution >= 4 is 21.9 Å². The van der Waals surface area contributed by atoms with Crippen LogP contribution in [0.5, 0.6) is 0 Å². The Balaban J connectivity index is 1.25. The van der Waals surface area contributed by atoms with Gasteiger partial charge >= 0.3 is 0 Å². The first-order chi connectivity index (χ1) is 22.6. The number of hydrogen-bond acceptors (Lipinski definition) is 5. The summed E-state index contributed by atoms with van der Waals surface area (Å²) >= 11 is 0. The fourth-order valence-corrected chi connectivity index (χ4v) is 7.08. The van der Waals surface area contributed by atoms with Gasteiger partial charge in [-0.25, -0.2) is 15.0 Å². The second-order valence-corrected chi connectivity index (χ2v) is 12.3. The topological polar surface area (TPSA) is 64.7 Å². The third kappa shape index (κ3) is 4.02. The van der Waals surface area contributed by atoms with Gasteiger partial charge in [-0.2, -0.15) is 0 Å². The van der Waals surface area contributed by atoms with Crippen LogP contribution in [0.15, 0.2) is 138 Å². The molecule has 1 aliphatic rings. The minimum atomic E-state index is -0.208. The van der Waals surface area contributed by atoms with Gasteiger partial charge in [-0.05, 0) is 52.6 Å². The summed E-state index contributed by atoms with van der Waals surface area (Å²) in [7, 11) is 0. The zero-order valence-corrected chi connectivity index (χ0v) is 25.4. The first-order valence-corrected chi connectivity index (χ1v) is 15.5. The number of fused-ring (bicyclic) bond motifs is 6. The molecule has 46 heavy (non-hydrogen) atoms. The van der Waals surface area contributed by atoms with Crippen LogP contribution in [-0.4, -0.2) is 19.9 Å². The van der Waals surface area contributed by atoms with Crippen LogP contribution in [0, 0.1) is 0 Å². The Morgan fingerprint density at radius 3 is 2.07 bits per heavy atom. The Hall–Kier alpha value is -5.94. The van der Waals surface area contributed by atoms with Gasteiger partial charge in [-0.15, -0.1) is 0 Å². The van der Waals surface area contributed by atoms with E-state index in [4.69, 9.17) is 19.4 Å². The molecule has 0 bridgehead atoms. The fraction of sp³-hybridized carbons (Fsp3) is 0.0732. The molecule has 0 saturated carbocycles. The molecule has 0 fully saturated rings. The smallest absolute Gasteiger partial charge is 0.164 e. The molecule has 8 aromatic rings. The Kier molecular flexibility index (Phi) is 5.78. The summed E-state index contributed by atoms with van der Waals surface area (Å²) in [6, 6.07) is 43.5. The second-order valence-electron chi connectivity index (χ2n) is 12.3. The Morgan fingerprint density at radius 2 is 1.22 bits per heavy atom. The first kappa shape index (κ1) is 26.5. The molecule has 0 amide bonds. The molecular weight excluding hydrogens is 564 g/mol. The molecule has 0 saturated heterocycles. The number of hydrogen-bond donors (Lipinski definition) is 0. The molecule has 5 aromatic carbocycles. The molecule has 5 nitrogen and oxygen atoms in total. The highest BCUT2D eigenvalue weighted by Gasteiger charge is 2.38. The van der Waals surface area contributed by atoms with Crippen LogP contribution in [0.4, 0.5) is 0 Å². The SMILES string of the molecule is CC1(C)c2ccccc2-c2cccc(-c3nc(-c4ccccc4)nc(-c4ccc5c(c4)oc4cccc(-c6ccccn6)c45)n3)c21. The maximum Gasteiger partial charge on any atom is 0.164 e. The lowest BCUT2D eigenvalue weighted by molar-refractivity contribution is 0.661. The Labute approximate surface area is 266 Å². The molecule has 3 aromatic heterocycles. The Bertz CT molecular complexity index is 2450. The minimum Gasteiger partial charge on any atom is -0.456 e. The highest BCUT2D eigenvalue weighted by molar-refractivity contribution is 6.12. The number of nitrogens with zero attached hydrogens (tertiary/aromatic N) is 4. The quantitative estimate of drug-likeness (QED) is 0.203. The van der Waals surface area contributed by atoms with Gasteiger partial charge in [0.1, 0.15) is 11.2 Å². The monoisotopic (exact) mass is 592 g/mol. The molecule has 0 N–H and O–H groups in total. The van der Waals surface area contributed by atoms with Crippen LogP contribution in [0.1, 0.15) is 25.0 Å². The highest BCUT2D eigenvalue weighted by Crippen LogP contribution is 2.51. The lowest BCUT2D eigenvalue weighted by Crippen LogP contribution is -2.17. The van der Waals surface area contributed by atoms with E-state index in [0.29, 0.717) is 17.5 Å². The minimum absolute atomic E-state index is 0.208. The summed E-state index contributed by atoms with van der Waals surface area (Å²) in [5.74, 6) is 1.89. The summed E-state index contributed by atoms with van der Waals surface area (Å²) in [4.78, 5) is 19.9. The average Bonchev–Trinajstić information content (AvgIpc) is 3.60. The molecule has 0 spiro atoms. The summed E-state index contributed by atoms with van der Waals surface area (Å²) in [6.45, 7) is 4.58. The zero-order chi connectivity index (χ0) is 30.8. The molecular formula is C41H28N4O. The van der Waals surface area contributed by atoms with Gasteiger partial charge in [0.05, 0.1) is 5.69 Å². The standard InChI is InChI=1S/C41H28N4O/c1-41(2)32-18-7-6-14-27(32)28-15-10-17-31(37(28)41)40-44-38(25-12-4-3-5-13-25)43-39(45-40)26-21-22-30-35(24-26)46-34-20-11-16-29(36(30)34)33-19-8-9-23-42-33/h3-24H,1-2H3. The maximum atomic E-state index is 6.43. The number of pyridine rings is 1.